The number of hydrogen-bond donors (Lipinski definition) is 2. The highest BCUT2D eigenvalue weighted by atomic mass is 32.1. The van der Waals surface area contributed by atoms with Gasteiger partial charge in [0.1, 0.15) is 0 Å². The summed E-state index contributed by atoms with van der Waals surface area (Å²) in [4.78, 5) is 15.9. The molecule has 98 valence electrons. The number of aromatic nitrogens is 1. The SMILES string of the molecule is Cc1nc(/C=C/C(=O)NC2CCC(O)CC2)cs1. The van der Waals surface area contributed by atoms with Crippen LogP contribution in [0, 0.1) is 6.92 Å². The van der Waals surface area contributed by atoms with E-state index in [4.69, 9.17) is 0 Å². The molecule has 0 unspecified atom stereocenters. The number of thiazole rings is 1. The van der Waals surface area contributed by atoms with Gasteiger partial charge in [-0.2, -0.15) is 0 Å². The second-order valence-corrected chi connectivity index (χ2v) is 5.70. The van der Waals surface area contributed by atoms with E-state index in [2.05, 4.69) is 10.3 Å². The summed E-state index contributed by atoms with van der Waals surface area (Å²) < 4.78 is 0. The molecule has 0 atom stereocenters. The van der Waals surface area contributed by atoms with Gasteiger partial charge in [-0.15, -0.1) is 11.3 Å². The zero-order valence-corrected chi connectivity index (χ0v) is 11.2. The number of nitrogens with one attached hydrogen (secondary N) is 1. The van der Waals surface area contributed by atoms with Gasteiger partial charge in [-0.25, -0.2) is 4.98 Å². The molecule has 1 aromatic heterocycles. The van der Waals surface area contributed by atoms with Crippen molar-refractivity contribution in [3.8, 4) is 0 Å². The molecule has 5 heteroatoms. The molecule has 1 amide bonds. The Labute approximate surface area is 111 Å². The van der Waals surface area contributed by atoms with Gasteiger partial charge in [0.25, 0.3) is 0 Å². The molecule has 1 fully saturated rings. The number of rotatable bonds is 3. The topological polar surface area (TPSA) is 62.2 Å². The lowest BCUT2D eigenvalue weighted by Gasteiger charge is -2.25. The first-order valence-electron chi connectivity index (χ1n) is 6.22. The summed E-state index contributed by atoms with van der Waals surface area (Å²) in [6, 6.07) is 0.197. The van der Waals surface area contributed by atoms with E-state index in [0.717, 1.165) is 36.4 Å². The second kappa shape index (κ2) is 6.11. The Hall–Kier alpha value is -1.20. The lowest BCUT2D eigenvalue weighted by atomic mass is 9.93. The number of aliphatic hydroxyl groups excluding tert-OH is 1. The van der Waals surface area contributed by atoms with Crippen LogP contribution < -0.4 is 5.32 Å². The van der Waals surface area contributed by atoms with E-state index in [-0.39, 0.29) is 18.1 Å². The third-order valence-corrected chi connectivity index (χ3v) is 3.88. The van der Waals surface area contributed by atoms with Gasteiger partial charge < -0.3 is 10.4 Å². The lowest BCUT2D eigenvalue weighted by Crippen LogP contribution is -2.37. The van der Waals surface area contributed by atoms with Crippen LogP contribution in [0.2, 0.25) is 0 Å². The summed E-state index contributed by atoms with van der Waals surface area (Å²) in [5, 5.41) is 15.3. The summed E-state index contributed by atoms with van der Waals surface area (Å²) in [6.07, 6.45) is 6.34. The van der Waals surface area contributed by atoms with Crippen LogP contribution in [0.15, 0.2) is 11.5 Å². The van der Waals surface area contributed by atoms with Crippen molar-refractivity contribution in [3.05, 3.63) is 22.2 Å². The quantitative estimate of drug-likeness (QED) is 0.821. The van der Waals surface area contributed by atoms with Crippen molar-refractivity contribution < 1.29 is 9.90 Å². The minimum atomic E-state index is -0.188. The largest absolute Gasteiger partial charge is 0.393 e. The van der Waals surface area contributed by atoms with Crippen LogP contribution in [0.25, 0.3) is 6.08 Å². The number of hydrogen-bond acceptors (Lipinski definition) is 4. The highest BCUT2D eigenvalue weighted by molar-refractivity contribution is 7.09. The van der Waals surface area contributed by atoms with E-state index in [1.54, 1.807) is 17.4 Å². The van der Waals surface area contributed by atoms with Crippen molar-refractivity contribution in [1.29, 1.82) is 0 Å². The predicted octanol–water partition coefficient (Wildman–Crippen LogP) is 1.88. The third-order valence-electron chi connectivity index (χ3n) is 3.09. The van der Waals surface area contributed by atoms with Crippen molar-refractivity contribution in [2.24, 2.45) is 0 Å². The molecule has 18 heavy (non-hydrogen) atoms. The van der Waals surface area contributed by atoms with E-state index in [1.807, 2.05) is 12.3 Å². The molecule has 0 saturated heterocycles. The van der Waals surface area contributed by atoms with Crippen molar-refractivity contribution in [2.75, 3.05) is 0 Å². The van der Waals surface area contributed by atoms with Gasteiger partial charge in [-0.1, -0.05) is 0 Å². The van der Waals surface area contributed by atoms with Gasteiger partial charge in [0.2, 0.25) is 5.91 Å². The molecule has 2 rings (SSSR count). The van der Waals surface area contributed by atoms with Crippen LogP contribution in [-0.2, 0) is 4.79 Å². The minimum Gasteiger partial charge on any atom is -0.393 e. The molecule has 0 aliphatic heterocycles. The molecule has 4 nitrogen and oxygen atoms in total. The van der Waals surface area contributed by atoms with E-state index in [0.29, 0.717) is 0 Å². The summed E-state index contributed by atoms with van der Waals surface area (Å²) >= 11 is 1.57. The summed E-state index contributed by atoms with van der Waals surface area (Å²) in [5.41, 5.74) is 0.826. The highest BCUT2D eigenvalue weighted by Crippen LogP contribution is 2.18. The second-order valence-electron chi connectivity index (χ2n) is 4.64. The third kappa shape index (κ3) is 3.92. The lowest BCUT2D eigenvalue weighted by molar-refractivity contribution is -0.117. The molecule has 0 aromatic carbocycles. The fourth-order valence-corrected chi connectivity index (χ4v) is 2.67. The fourth-order valence-electron chi connectivity index (χ4n) is 2.09. The van der Waals surface area contributed by atoms with Gasteiger partial charge >= 0.3 is 0 Å². The van der Waals surface area contributed by atoms with Crippen molar-refractivity contribution in [1.82, 2.24) is 10.3 Å². The van der Waals surface area contributed by atoms with Crippen LogP contribution >= 0.6 is 11.3 Å². The molecule has 1 aromatic rings. The van der Waals surface area contributed by atoms with Crippen molar-refractivity contribution in [3.63, 3.8) is 0 Å². The molecule has 1 saturated carbocycles. The van der Waals surface area contributed by atoms with E-state index >= 15 is 0 Å². The Balaban J connectivity index is 1.80. The van der Waals surface area contributed by atoms with Crippen LogP contribution in [-0.4, -0.2) is 28.1 Å². The molecular formula is C13H18N2O2S. The average Bonchev–Trinajstić information content (AvgIpc) is 2.76. The molecule has 1 aliphatic carbocycles. The Morgan fingerprint density at radius 2 is 2.22 bits per heavy atom. The number of nitrogens with zero attached hydrogens (tertiary/aromatic N) is 1. The van der Waals surface area contributed by atoms with Gasteiger partial charge in [0.05, 0.1) is 16.8 Å². The number of aryl methyl sites for hydroxylation is 1. The number of carbonyl (C=O) groups excluding carboxylic acids is 1. The predicted molar refractivity (Wildman–Crippen MR) is 72.3 cm³/mol. The smallest absolute Gasteiger partial charge is 0.244 e. The van der Waals surface area contributed by atoms with Crippen LogP contribution in [0.4, 0.5) is 0 Å². The Bertz CT molecular complexity index is 434. The van der Waals surface area contributed by atoms with E-state index < -0.39 is 0 Å². The van der Waals surface area contributed by atoms with Crippen molar-refractivity contribution in [2.45, 2.75) is 44.8 Å². The molecule has 0 radical (unpaired) electrons. The number of aliphatic hydroxyl groups is 1. The van der Waals surface area contributed by atoms with Gasteiger partial charge in [-0.05, 0) is 38.7 Å². The van der Waals surface area contributed by atoms with Gasteiger partial charge in [0, 0.05) is 17.5 Å². The fraction of sp³-hybridized carbons (Fsp3) is 0.538. The van der Waals surface area contributed by atoms with E-state index in [9.17, 15) is 9.90 Å². The zero-order chi connectivity index (χ0) is 13.0. The standard InChI is InChI=1S/C13H18N2O2S/c1-9-14-11(8-18-9)4-7-13(17)15-10-2-5-12(16)6-3-10/h4,7-8,10,12,16H,2-3,5-6H2,1H3,(H,15,17)/b7-4+. The highest BCUT2D eigenvalue weighted by Gasteiger charge is 2.19. The molecule has 1 heterocycles. The van der Waals surface area contributed by atoms with Crippen molar-refractivity contribution >= 4 is 23.3 Å². The first-order chi connectivity index (χ1) is 8.63. The Morgan fingerprint density at radius 3 is 2.83 bits per heavy atom. The number of carbonyl (C=O) groups is 1. The maximum Gasteiger partial charge on any atom is 0.244 e. The Kier molecular flexibility index (Phi) is 4.49. The van der Waals surface area contributed by atoms with Crippen LogP contribution in [0.1, 0.15) is 36.4 Å². The normalized spacial score (nSPS) is 24.3. The van der Waals surface area contributed by atoms with Gasteiger partial charge in [0.15, 0.2) is 0 Å². The Morgan fingerprint density at radius 1 is 1.50 bits per heavy atom. The molecule has 1 aliphatic rings. The van der Waals surface area contributed by atoms with Gasteiger partial charge in [-0.3, -0.25) is 4.79 Å². The summed E-state index contributed by atoms with van der Waals surface area (Å²) in [7, 11) is 0. The van der Waals surface area contributed by atoms with Crippen LogP contribution in [0.3, 0.4) is 0 Å². The molecular weight excluding hydrogens is 248 g/mol. The maximum atomic E-state index is 11.7. The summed E-state index contributed by atoms with van der Waals surface area (Å²) in [6.45, 7) is 1.94. The molecule has 0 bridgehead atoms. The first kappa shape index (κ1) is 13.2. The van der Waals surface area contributed by atoms with E-state index in [1.165, 1.54) is 6.08 Å². The van der Waals surface area contributed by atoms with Crippen LogP contribution in [0.5, 0.6) is 0 Å². The maximum absolute atomic E-state index is 11.7. The monoisotopic (exact) mass is 266 g/mol. The molecule has 0 spiro atoms. The molecule has 2 N–H and O–H groups in total. The zero-order valence-electron chi connectivity index (χ0n) is 10.4. The first-order valence-corrected chi connectivity index (χ1v) is 7.10. The average molecular weight is 266 g/mol. The summed E-state index contributed by atoms with van der Waals surface area (Å²) in [5.74, 6) is -0.0814. The minimum absolute atomic E-state index is 0.0814. The number of amides is 1.